The number of carbonyl (C=O) groups is 1. The van der Waals surface area contributed by atoms with E-state index in [0.29, 0.717) is 47.5 Å². The molecular weight excluding hydrogens is 452 g/mol. The zero-order chi connectivity index (χ0) is 23.8. The predicted octanol–water partition coefficient (Wildman–Crippen LogP) is 4.55. The fourth-order valence-corrected chi connectivity index (χ4v) is 3.46. The maximum Gasteiger partial charge on any atom is 0.324 e. The van der Waals surface area contributed by atoms with Gasteiger partial charge in [-0.2, -0.15) is 0 Å². The molecule has 0 saturated carbocycles. The highest BCUT2D eigenvalue weighted by molar-refractivity contribution is 7.16. The van der Waals surface area contributed by atoms with Crippen molar-refractivity contribution in [3.63, 3.8) is 0 Å². The molecule has 2 aromatic heterocycles. The second-order valence-corrected chi connectivity index (χ2v) is 7.36. The zero-order valence-corrected chi connectivity index (χ0v) is 19.0. The summed E-state index contributed by atoms with van der Waals surface area (Å²) in [6.45, 7) is 6.83. The number of amides is 1. The van der Waals surface area contributed by atoms with Gasteiger partial charge in [-0.25, -0.2) is 0 Å². The Bertz CT molecular complexity index is 1130. The van der Waals surface area contributed by atoms with Crippen LogP contribution < -0.4 is 19.5 Å². The molecular formula is C21H22N4O7S. The van der Waals surface area contributed by atoms with E-state index in [-0.39, 0.29) is 16.9 Å². The minimum Gasteiger partial charge on any atom is -0.490 e. The van der Waals surface area contributed by atoms with Gasteiger partial charge in [-0.3, -0.25) is 20.2 Å². The maximum absolute atomic E-state index is 12.2. The van der Waals surface area contributed by atoms with Crippen LogP contribution >= 0.6 is 11.3 Å². The molecule has 0 fully saturated rings. The lowest BCUT2D eigenvalue weighted by molar-refractivity contribution is -0.380. The van der Waals surface area contributed by atoms with Crippen molar-refractivity contribution in [3.05, 3.63) is 45.3 Å². The summed E-state index contributed by atoms with van der Waals surface area (Å²) >= 11 is 0.954. The normalized spacial score (nSPS) is 10.9. The molecule has 2 heterocycles. The molecule has 3 rings (SSSR count). The summed E-state index contributed by atoms with van der Waals surface area (Å²) in [7, 11) is 0. The number of hydrogen-bond acceptors (Lipinski definition) is 10. The van der Waals surface area contributed by atoms with E-state index < -0.39 is 10.8 Å². The standard InChI is InChI=1S/C21H22N4O7S/c1-4-29-15-11-13(12-16(30-5-2)19(15)31-6-3)20-23-24-21(32-20)22-17(26)9-7-14-8-10-18(33-14)25(27)28/h7-12H,4-6H2,1-3H3,(H,22,24,26). The fraction of sp³-hybridized carbons (Fsp3) is 0.286. The Morgan fingerprint density at radius 1 is 1.12 bits per heavy atom. The van der Waals surface area contributed by atoms with Crippen molar-refractivity contribution in [1.82, 2.24) is 10.2 Å². The number of anilines is 1. The van der Waals surface area contributed by atoms with Crippen LogP contribution in [0.25, 0.3) is 17.5 Å². The van der Waals surface area contributed by atoms with Crippen molar-refractivity contribution in [2.45, 2.75) is 20.8 Å². The van der Waals surface area contributed by atoms with Crippen LogP contribution in [0.4, 0.5) is 11.0 Å². The summed E-state index contributed by atoms with van der Waals surface area (Å²) in [6, 6.07) is 6.20. The van der Waals surface area contributed by atoms with Crippen LogP contribution in [0.2, 0.25) is 0 Å². The largest absolute Gasteiger partial charge is 0.490 e. The molecule has 0 aliphatic carbocycles. The Balaban J connectivity index is 1.77. The number of nitrogens with one attached hydrogen (secondary N) is 1. The fourth-order valence-electron chi connectivity index (χ4n) is 2.74. The average molecular weight is 474 g/mol. The van der Waals surface area contributed by atoms with E-state index in [1.54, 1.807) is 18.2 Å². The lowest BCUT2D eigenvalue weighted by Gasteiger charge is -2.16. The van der Waals surface area contributed by atoms with Crippen molar-refractivity contribution in [3.8, 4) is 28.7 Å². The average Bonchev–Trinajstić information content (AvgIpc) is 3.44. The second kappa shape index (κ2) is 11.1. The molecule has 0 aliphatic heterocycles. The quantitative estimate of drug-likeness (QED) is 0.241. The first-order chi connectivity index (χ1) is 15.9. The highest BCUT2D eigenvalue weighted by Crippen LogP contribution is 2.41. The molecule has 1 aromatic carbocycles. The van der Waals surface area contributed by atoms with E-state index in [1.807, 2.05) is 20.8 Å². The van der Waals surface area contributed by atoms with Crippen molar-refractivity contribution in [1.29, 1.82) is 0 Å². The molecule has 1 amide bonds. The highest BCUT2D eigenvalue weighted by atomic mass is 32.1. The van der Waals surface area contributed by atoms with Crippen LogP contribution in [0, 0.1) is 10.1 Å². The molecule has 12 heteroatoms. The minimum atomic E-state index is -0.530. The minimum absolute atomic E-state index is 0.00944. The zero-order valence-electron chi connectivity index (χ0n) is 18.2. The molecule has 11 nitrogen and oxygen atoms in total. The lowest BCUT2D eigenvalue weighted by atomic mass is 10.2. The lowest BCUT2D eigenvalue weighted by Crippen LogP contribution is -2.07. The van der Waals surface area contributed by atoms with Crippen molar-refractivity contribution < 1.29 is 28.3 Å². The van der Waals surface area contributed by atoms with Crippen molar-refractivity contribution in [2.24, 2.45) is 0 Å². The Morgan fingerprint density at radius 2 is 1.79 bits per heavy atom. The molecule has 174 valence electrons. The van der Waals surface area contributed by atoms with Gasteiger partial charge in [-0.15, -0.1) is 5.10 Å². The molecule has 0 spiro atoms. The van der Waals surface area contributed by atoms with Gasteiger partial charge < -0.3 is 18.6 Å². The van der Waals surface area contributed by atoms with E-state index in [1.165, 1.54) is 18.2 Å². The second-order valence-electron chi connectivity index (χ2n) is 6.27. The molecule has 3 aromatic rings. The maximum atomic E-state index is 12.2. The molecule has 0 aliphatic rings. The number of thiophene rings is 1. The van der Waals surface area contributed by atoms with Crippen LogP contribution in [-0.2, 0) is 4.79 Å². The summed E-state index contributed by atoms with van der Waals surface area (Å²) in [4.78, 5) is 23.0. The van der Waals surface area contributed by atoms with E-state index >= 15 is 0 Å². The van der Waals surface area contributed by atoms with Gasteiger partial charge in [0.05, 0.1) is 24.7 Å². The first-order valence-electron chi connectivity index (χ1n) is 10.1. The van der Waals surface area contributed by atoms with E-state index in [0.717, 1.165) is 11.3 Å². The summed E-state index contributed by atoms with van der Waals surface area (Å²) in [5.41, 5.74) is 0.528. The number of aromatic nitrogens is 2. The van der Waals surface area contributed by atoms with Gasteiger partial charge in [-0.05, 0) is 45.0 Å². The van der Waals surface area contributed by atoms with Crippen LogP contribution in [-0.4, -0.2) is 40.8 Å². The molecule has 0 atom stereocenters. The first kappa shape index (κ1) is 23.7. The number of rotatable bonds is 11. The van der Waals surface area contributed by atoms with Crippen LogP contribution in [0.5, 0.6) is 17.2 Å². The van der Waals surface area contributed by atoms with Gasteiger partial charge in [0.1, 0.15) is 0 Å². The molecule has 1 N–H and O–H groups in total. The van der Waals surface area contributed by atoms with Gasteiger partial charge in [-0.1, -0.05) is 16.4 Å². The topological polar surface area (TPSA) is 139 Å². The number of nitrogens with zero attached hydrogens (tertiary/aromatic N) is 3. The number of hydrogen-bond donors (Lipinski definition) is 1. The third-order valence-electron chi connectivity index (χ3n) is 4.00. The predicted molar refractivity (Wildman–Crippen MR) is 122 cm³/mol. The van der Waals surface area contributed by atoms with E-state index in [2.05, 4.69) is 15.5 Å². The summed E-state index contributed by atoms with van der Waals surface area (Å²) in [6.07, 6.45) is 2.68. The van der Waals surface area contributed by atoms with E-state index in [9.17, 15) is 14.9 Å². The number of carbonyl (C=O) groups excluding carboxylic acids is 1. The summed E-state index contributed by atoms with van der Waals surface area (Å²) < 4.78 is 22.6. The smallest absolute Gasteiger partial charge is 0.324 e. The molecule has 33 heavy (non-hydrogen) atoms. The Labute approximate surface area is 193 Å². The molecule has 0 unspecified atom stereocenters. The van der Waals surface area contributed by atoms with Gasteiger partial charge in [0, 0.05) is 22.6 Å². The van der Waals surface area contributed by atoms with Crippen LogP contribution in [0.15, 0.2) is 34.8 Å². The van der Waals surface area contributed by atoms with Crippen molar-refractivity contribution >= 4 is 34.3 Å². The van der Waals surface area contributed by atoms with Gasteiger partial charge in [0.15, 0.2) is 11.5 Å². The monoisotopic (exact) mass is 474 g/mol. The Kier molecular flexibility index (Phi) is 7.97. The van der Waals surface area contributed by atoms with E-state index in [4.69, 9.17) is 18.6 Å². The van der Waals surface area contributed by atoms with Gasteiger partial charge in [0.25, 0.3) is 5.91 Å². The Morgan fingerprint density at radius 3 is 2.36 bits per heavy atom. The third kappa shape index (κ3) is 6.07. The molecule has 0 radical (unpaired) electrons. The number of ether oxygens (including phenoxy) is 3. The van der Waals surface area contributed by atoms with Crippen molar-refractivity contribution in [2.75, 3.05) is 25.1 Å². The first-order valence-corrected chi connectivity index (χ1v) is 10.9. The number of benzene rings is 1. The Hall–Kier alpha value is -3.93. The van der Waals surface area contributed by atoms with Crippen LogP contribution in [0.3, 0.4) is 0 Å². The molecule has 0 bridgehead atoms. The van der Waals surface area contributed by atoms with Crippen LogP contribution in [0.1, 0.15) is 25.6 Å². The summed E-state index contributed by atoms with van der Waals surface area (Å²) in [5, 5.41) is 21.0. The SMILES string of the molecule is CCOc1cc(-c2nnc(NC(=O)C=Cc3ccc([N+](=O)[O-])s3)o2)cc(OCC)c1OCC. The van der Waals surface area contributed by atoms with Gasteiger partial charge >= 0.3 is 11.0 Å². The highest BCUT2D eigenvalue weighted by Gasteiger charge is 2.19. The summed E-state index contributed by atoms with van der Waals surface area (Å²) in [5.74, 6) is 1.04. The number of nitro groups is 1. The van der Waals surface area contributed by atoms with Gasteiger partial charge in [0.2, 0.25) is 11.6 Å². The third-order valence-corrected chi connectivity index (χ3v) is 5.00. The molecule has 0 saturated heterocycles.